The van der Waals surface area contributed by atoms with Crippen molar-refractivity contribution in [3.05, 3.63) is 60.2 Å². The molecule has 144 valence electrons. The Morgan fingerprint density at radius 3 is 1.65 bits per heavy atom. The zero-order chi connectivity index (χ0) is 18.9. The quantitative estimate of drug-likeness (QED) is 0.304. The smallest absolute Gasteiger partial charge is 0.115 e. The molecule has 0 saturated heterocycles. The molecule has 0 aliphatic heterocycles. The standard InChI is InChI=1S/C18H30.C6H6OS/c1-2-3-4-5-6-7-8-9-10-12-15-18-16-13-11-14-17-18;7-5-1-3-6(8)4-2-5/h11,13-14,16-17H,2-10,12,15H2,1H3;1-4,7-8H. The van der Waals surface area contributed by atoms with Crippen LogP contribution in [0, 0.1) is 0 Å². The second-order valence-corrected chi connectivity index (χ2v) is 7.45. The van der Waals surface area contributed by atoms with E-state index in [4.69, 9.17) is 5.11 Å². The maximum Gasteiger partial charge on any atom is 0.115 e. The normalized spacial score (nSPS) is 10.2. The molecule has 0 aliphatic rings. The molecule has 0 aromatic heterocycles. The van der Waals surface area contributed by atoms with E-state index in [1.807, 2.05) is 0 Å². The highest BCUT2D eigenvalue weighted by Gasteiger charge is 1.94. The Balaban J connectivity index is 0.000000350. The highest BCUT2D eigenvalue weighted by Crippen LogP contribution is 2.12. The van der Waals surface area contributed by atoms with E-state index in [0.717, 1.165) is 4.90 Å². The fourth-order valence-electron chi connectivity index (χ4n) is 2.91. The molecule has 2 rings (SSSR count). The summed E-state index contributed by atoms with van der Waals surface area (Å²) in [6.07, 6.45) is 15.5. The van der Waals surface area contributed by atoms with Crippen molar-refractivity contribution < 1.29 is 5.11 Å². The number of thiol groups is 1. The number of hydrogen-bond acceptors (Lipinski definition) is 2. The van der Waals surface area contributed by atoms with Crippen molar-refractivity contribution in [1.82, 2.24) is 0 Å². The molecule has 2 heteroatoms. The molecule has 0 atom stereocenters. The lowest BCUT2D eigenvalue weighted by Crippen LogP contribution is -1.86. The van der Waals surface area contributed by atoms with Crippen LogP contribution >= 0.6 is 12.6 Å². The van der Waals surface area contributed by atoms with Crippen molar-refractivity contribution in [3.63, 3.8) is 0 Å². The number of unbranched alkanes of at least 4 members (excludes halogenated alkanes) is 9. The van der Waals surface area contributed by atoms with E-state index in [1.165, 1.54) is 76.2 Å². The minimum Gasteiger partial charge on any atom is -0.508 e. The predicted molar refractivity (Wildman–Crippen MR) is 117 cm³/mol. The van der Waals surface area contributed by atoms with Crippen LogP contribution in [0.25, 0.3) is 0 Å². The summed E-state index contributed by atoms with van der Waals surface area (Å²) < 4.78 is 0. The summed E-state index contributed by atoms with van der Waals surface area (Å²) >= 11 is 4.02. The topological polar surface area (TPSA) is 20.2 Å². The maximum atomic E-state index is 8.72. The molecule has 0 saturated carbocycles. The van der Waals surface area contributed by atoms with Crippen LogP contribution in [0.2, 0.25) is 0 Å². The van der Waals surface area contributed by atoms with Gasteiger partial charge in [-0.2, -0.15) is 0 Å². The molecule has 0 bridgehead atoms. The lowest BCUT2D eigenvalue weighted by molar-refractivity contribution is 0.475. The zero-order valence-corrected chi connectivity index (χ0v) is 17.3. The summed E-state index contributed by atoms with van der Waals surface area (Å²) in [6.45, 7) is 2.28. The summed E-state index contributed by atoms with van der Waals surface area (Å²) in [5, 5.41) is 8.72. The first-order valence-electron chi connectivity index (χ1n) is 10.2. The van der Waals surface area contributed by atoms with Crippen LogP contribution in [0.3, 0.4) is 0 Å². The van der Waals surface area contributed by atoms with E-state index in [9.17, 15) is 0 Å². The Kier molecular flexibility index (Phi) is 13.8. The van der Waals surface area contributed by atoms with Crippen molar-refractivity contribution in [1.29, 1.82) is 0 Å². The molecular weight excluding hydrogens is 336 g/mol. The van der Waals surface area contributed by atoms with Gasteiger partial charge in [-0.05, 0) is 42.7 Å². The van der Waals surface area contributed by atoms with Crippen molar-refractivity contribution >= 4 is 12.6 Å². The van der Waals surface area contributed by atoms with Gasteiger partial charge < -0.3 is 5.11 Å². The van der Waals surface area contributed by atoms with E-state index in [1.54, 1.807) is 24.3 Å². The number of aryl methyl sites for hydroxylation is 1. The van der Waals surface area contributed by atoms with Gasteiger partial charge in [-0.25, -0.2) is 0 Å². The minimum absolute atomic E-state index is 0.280. The summed E-state index contributed by atoms with van der Waals surface area (Å²) in [5.74, 6) is 0.280. The van der Waals surface area contributed by atoms with Crippen molar-refractivity contribution in [2.45, 2.75) is 82.4 Å². The van der Waals surface area contributed by atoms with Gasteiger partial charge in [0, 0.05) is 4.90 Å². The molecule has 0 spiro atoms. The van der Waals surface area contributed by atoms with Crippen molar-refractivity contribution in [2.75, 3.05) is 0 Å². The van der Waals surface area contributed by atoms with E-state index < -0.39 is 0 Å². The predicted octanol–water partition coefficient (Wildman–Crippen LogP) is 7.83. The van der Waals surface area contributed by atoms with E-state index in [2.05, 4.69) is 49.9 Å². The fraction of sp³-hybridized carbons (Fsp3) is 0.500. The third-order valence-corrected chi connectivity index (χ3v) is 4.81. The van der Waals surface area contributed by atoms with Crippen molar-refractivity contribution in [2.24, 2.45) is 0 Å². The van der Waals surface area contributed by atoms with Crippen molar-refractivity contribution in [3.8, 4) is 5.75 Å². The second-order valence-electron chi connectivity index (χ2n) is 6.93. The summed E-state index contributed by atoms with van der Waals surface area (Å²) in [6, 6.07) is 17.5. The molecule has 26 heavy (non-hydrogen) atoms. The molecule has 0 fully saturated rings. The highest BCUT2D eigenvalue weighted by atomic mass is 32.1. The first-order valence-corrected chi connectivity index (χ1v) is 10.7. The Bertz CT molecular complexity index is 515. The molecule has 2 aromatic rings. The van der Waals surface area contributed by atoms with Crippen LogP contribution in [0.4, 0.5) is 0 Å². The summed E-state index contributed by atoms with van der Waals surface area (Å²) in [4.78, 5) is 0.864. The molecule has 0 heterocycles. The van der Waals surface area contributed by atoms with Crippen LogP contribution in [0.15, 0.2) is 59.5 Å². The first kappa shape index (κ1) is 22.6. The number of aromatic hydroxyl groups is 1. The largest absolute Gasteiger partial charge is 0.508 e. The van der Waals surface area contributed by atoms with Crippen LogP contribution in [-0.2, 0) is 6.42 Å². The lowest BCUT2D eigenvalue weighted by atomic mass is 10.0. The Morgan fingerprint density at radius 2 is 1.15 bits per heavy atom. The van der Waals surface area contributed by atoms with E-state index >= 15 is 0 Å². The third-order valence-electron chi connectivity index (χ3n) is 4.51. The Labute approximate surface area is 166 Å². The molecule has 0 amide bonds. The van der Waals surface area contributed by atoms with Crippen LogP contribution in [0.1, 0.15) is 76.7 Å². The fourth-order valence-corrected chi connectivity index (χ4v) is 3.06. The minimum atomic E-state index is 0.280. The Morgan fingerprint density at radius 1 is 0.654 bits per heavy atom. The van der Waals surface area contributed by atoms with Crippen LogP contribution < -0.4 is 0 Å². The van der Waals surface area contributed by atoms with Gasteiger partial charge in [0.05, 0.1) is 0 Å². The molecule has 0 aliphatic carbocycles. The van der Waals surface area contributed by atoms with Gasteiger partial charge in [0.1, 0.15) is 5.75 Å². The average Bonchev–Trinajstić information content (AvgIpc) is 2.67. The molecule has 1 nitrogen and oxygen atoms in total. The average molecular weight is 373 g/mol. The third kappa shape index (κ3) is 12.9. The Hall–Kier alpha value is -1.41. The lowest BCUT2D eigenvalue weighted by Gasteiger charge is -2.03. The SMILES string of the molecule is CCCCCCCCCCCCc1ccccc1.Oc1ccc(S)cc1. The van der Waals surface area contributed by atoms with Crippen LogP contribution in [0.5, 0.6) is 5.75 Å². The van der Waals surface area contributed by atoms with E-state index in [-0.39, 0.29) is 5.75 Å². The summed E-state index contributed by atoms with van der Waals surface area (Å²) in [5.41, 5.74) is 1.50. The second kappa shape index (κ2) is 15.8. The molecule has 0 unspecified atom stereocenters. The van der Waals surface area contributed by atoms with Gasteiger partial charge in [0.2, 0.25) is 0 Å². The van der Waals surface area contributed by atoms with Gasteiger partial charge in [0.15, 0.2) is 0 Å². The molecule has 0 radical (unpaired) electrons. The first-order chi connectivity index (χ1) is 12.7. The number of rotatable bonds is 11. The van der Waals surface area contributed by atoms with Gasteiger partial charge in [-0.1, -0.05) is 95.0 Å². The zero-order valence-electron chi connectivity index (χ0n) is 16.4. The van der Waals surface area contributed by atoms with Crippen LogP contribution in [-0.4, -0.2) is 5.11 Å². The summed E-state index contributed by atoms with van der Waals surface area (Å²) in [7, 11) is 0. The van der Waals surface area contributed by atoms with Gasteiger partial charge in [0.25, 0.3) is 0 Å². The number of hydrogen-bond donors (Lipinski definition) is 2. The number of phenolic OH excluding ortho intramolecular Hbond substituents is 1. The highest BCUT2D eigenvalue weighted by molar-refractivity contribution is 7.80. The number of benzene rings is 2. The van der Waals surface area contributed by atoms with Gasteiger partial charge >= 0.3 is 0 Å². The molecular formula is C24H36OS. The molecule has 2 aromatic carbocycles. The van der Waals surface area contributed by atoms with E-state index in [0.29, 0.717) is 0 Å². The number of phenols is 1. The maximum absolute atomic E-state index is 8.72. The van der Waals surface area contributed by atoms with Gasteiger partial charge in [-0.3, -0.25) is 0 Å². The molecule has 1 N–H and O–H groups in total. The monoisotopic (exact) mass is 372 g/mol. The van der Waals surface area contributed by atoms with Gasteiger partial charge in [-0.15, -0.1) is 12.6 Å².